The molecule has 2 aliphatic rings. The van der Waals surface area contributed by atoms with Crippen LogP contribution in [0.5, 0.6) is 0 Å². The van der Waals surface area contributed by atoms with E-state index in [0.29, 0.717) is 57.9 Å². The van der Waals surface area contributed by atoms with E-state index in [4.69, 9.17) is 4.74 Å². The molecule has 0 bridgehead atoms. The van der Waals surface area contributed by atoms with Crippen LogP contribution in [0.1, 0.15) is 18.4 Å². The summed E-state index contributed by atoms with van der Waals surface area (Å²) in [6.45, 7) is 3.42. The Morgan fingerprint density at radius 2 is 1.80 bits per heavy atom. The monoisotopic (exact) mass is 356 g/mol. The molecule has 0 aromatic heterocycles. The maximum absolute atomic E-state index is 14.5. The minimum atomic E-state index is -0.529. The number of nitrogens with zero attached hydrogens (tertiary/aromatic N) is 2. The number of aliphatic hydroxyl groups is 2. The molecule has 2 fully saturated rings. The average molecular weight is 356 g/mol. The third-order valence-electron chi connectivity index (χ3n) is 5.17. The highest BCUT2D eigenvalue weighted by Crippen LogP contribution is 2.24. The van der Waals surface area contributed by atoms with E-state index in [1.54, 1.807) is 0 Å². The van der Waals surface area contributed by atoms with Gasteiger partial charge in [-0.3, -0.25) is 4.90 Å². The molecule has 2 heterocycles. The Kier molecular flexibility index (Phi) is 6.22. The summed E-state index contributed by atoms with van der Waals surface area (Å²) in [5, 5.41) is 19.1. The molecule has 140 valence electrons. The lowest BCUT2D eigenvalue weighted by Gasteiger charge is -2.37. The van der Waals surface area contributed by atoms with Gasteiger partial charge < -0.3 is 19.8 Å². The molecule has 7 heteroatoms. The molecule has 2 N–H and O–H groups in total. The number of hydrogen-bond donors (Lipinski definition) is 2. The number of piperidine rings is 1. The van der Waals surface area contributed by atoms with Crippen molar-refractivity contribution >= 4 is 5.69 Å². The molecule has 25 heavy (non-hydrogen) atoms. The van der Waals surface area contributed by atoms with Crippen LogP contribution in [0.15, 0.2) is 12.1 Å². The molecule has 0 amide bonds. The topological polar surface area (TPSA) is 56.2 Å². The van der Waals surface area contributed by atoms with Crippen molar-refractivity contribution in [3.8, 4) is 0 Å². The average Bonchev–Trinajstić information content (AvgIpc) is 2.62. The maximum Gasteiger partial charge on any atom is 0.131 e. The lowest BCUT2D eigenvalue weighted by Crippen LogP contribution is -2.47. The van der Waals surface area contributed by atoms with E-state index in [-0.39, 0.29) is 24.6 Å². The lowest BCUT2D eigenvalue weighted by molar-refractivity contribution is 0.0175. The minimum absolute atomic E-state index is 0.0575. The number of ether oxygens (including phenoxy) is 1. The summed E-state index contributed by atoms with van der Waals surface area (Å²) in [5.74, 6) is -1.06. The van der Waals surface area contributed by atoms with Crippen LogP contribution in [0, 0.1) is 11.6 Å². The predicted molar refractivity (Wildman–Crippen MR) is 90.8 cm³/mol. The summed E-state index contributed by atoms with van der Waals surface area (Å²) >= 11 is 0. The molecule has 5 nitrogen and oxygen atoms in total. The van der Waals surface area contributed by atoms with Crippen molar-refractivity contribution in [1.82, 2.24) is 4.90 Å². The molecule has 2 aliphatic heterocycles. The standard InChI is InChI=1S/C18H26F2N2O3/c19-17-10-13(22-5-7-25-8-6-22)11-18(20)16(17)2-4-21-3-1-15(24)9-14(21)12-23/h10-11,14-15,23-24H,1-9,12H2. The van der Waals surface area contributed by atoms with Gasteiger partial charge in [0, 0.05) is 43.5 Å². The summed E-state index contributed by atoms with van der Waals surface area (Å²) in [5.41, 5.74) is 0.635. The van der Waals surface area contributed by atoms with Gasteiger partial charge in [0.25, 0.3) is 0 Å². The fraction of sp³-hybridized carbons (Fsp3) is 0.667. The summed E-state index contributed by atoms with van der Waals surface area (Å²) in [6.07, 6.45) is 0.956. The zero-order valence-corrected chi connectivity index (χ0v) is 14.3. The van der Waals surface area contributed by atoms with Crippen LogP contribution in [0.3, 0.4) is 0 Å². The van der Waals surface area contributed by atoms with Crippen molar-refractivity contribution < 1.29 is 23.7 Å². The molecule has 0 saturated carbocycles. The third kappa shape index (κ3) is 4.47. The van der Waals surface area contributed by atoms with E-state index >= 15 is 0 Å². The largest absolute Gasteiger partial charge is 0.395 e. The lowest BCUT2D eigenvalue weighted by atomic mass is 9.99. The van der Waals surface area contributed by atoms with Gasteiger partial charge in [-0.15, -0.1) is 0 Å². The summed E-state index contributed by atoms with van der Waals surface area (Å²) in [7, 11) is 0. The van der Waals surface area contributed by atoms with Gasteiger partial charge >= 0.3 is 0 Å². The van der Waals surface area contributed by atoms with Gasteiger partial charge in [0.05, 0.1) is 25.9 Å². The summed E-state index contributed by atoms with van der Waals surface area (Å²) in [6, 6.07) is 2.64. The number of morpholine rings is 1. The van der Waals surface area contributed by atoms with Crippen molar-refractivity contribution in [3.05, 3.63) is 29.3 Å². The maximum atomic E-state index is 14.5. The van der Waals surface area contributed by atoms with Crippen molar-refractivity contribution in [2.45, 2.75) is 31.4 Å². The van der Waals surface area contributed by atoms with Crippen molar-refractivity contribution in [2.24, 2.45) is 0 Å². The molecular weight excluding hydrogens is 330 g/mol. The van der Waals surface area contributed by atoms with Gasteiger partial charge in [0.1, 0.15) is 11.6 Å². The molecular formula is C18H26F2N2O3. The summed E-state index contributed by atoms with van der Waals surface area (Å²) in [4.78, 5) is 3.93. The molecule has 2 saturated heterocycles. The van der Waals surface area contributed by atoms with Crippen molar-refractivity contribution in [1.29, 1.82) is 0 Å². The molecule has 0 spiro atoms. The third-order valence-corrected chi connectivity index (χ3v) is 5.17. The first-order chi connectivity index (χ1) is 12.1. The quantitative estimate of drug-likeness (QED) is 0.829. The number of rotatable bonds is 5. The number of likely N-dealkylation sites (tertiary alicyclic amines) is 1. The van der Waals surface area contributed by atoms with E-state index < -0.39 is 17.7 Å². The Bertz CT molecular complexity index is 558. The highest BCUT2D eigenvalue weighted by Gasteiger charge is 2.27. The van der Waals surface area contributed by atoms with Crippen LogP contribution >= 0.6 is 0 Å². The fourth-order valence-corrected chi connectivity index (χ4v) is 3.65. The number of halogens is 2. The normalized spacial score (nSPS) is 25.4. The van der Waals surface area contributed by atoms with Crippen LogP contribution in [0.2, 0.25) is 0 Å². The second-order valence-corrected chi connectivity index (χ2v) is 6.79. The van der Waals surface area contributed by atoms with Crippen molar-refractivity contribution in [3.63, 3.8) is 0 Å². The Balaban J connectivity index is 1.66. The Morgan fingerprint density at radius 1 is 1.12 bits per heavy atom. The van der Waals surface area contributed by atoms with E-state index in [1.807, 2.05) is 9.80 Å². The molecule has 2 atom stereocenters. The van der Waals surface area contributed by atoms with E-state index in [2.05, 4.69) is 0 Å². The van der Waals surface area contributed by atoms with Crippen LogP contribution < -0.4 is 4.90 Å². The Hall–Kier alpha value is -1.28. The predicted octanol–water partition coefficient (Wildman–Crippen LogP) is 1.16. The van der Waals surface area contributed by atoms with Gasteiger partial charge in [-0.1, -0.05) is 0 Å². The van der Waals surface area contributed by atoms with Crippen LogP contribution in [-0.2, 0) is 11.2 Å². The molecule has 1 aromatic rings. The molecule has 3 rings (SSSR count). The Morgan fingerprint density at radius 3 is 2.44 bits per heavy atom. The number of hydrogen-bond acceptors (Lipinski definition) is 5. The van der Waals surface area contributed by atoms with Crippen LogP contribution in [-0.4, -0.2) is 73.3 Å². The van der Waals surface area contributed by atoms with Gasteiger partial charge in [-0.05, 0) is 31.4 Å². The summed E-state index contributed by atoms with van der Waals surface area (Å²) < 4.78 is 34.2. The molecule has 2 unspecified atom stereocenters. The zero-order chi connectivity index (χ0) is 17.8. The molecule has 1 aromatic carbocycles. The van der Waals surface area contributed by atoms with Gasteiger partial charge in [-0.2, -0.15) is 0 Å². The zero-order valence-electron chi connectivity index (χ0n) is 14.3. The van der Waals surface area contributed by atoms with Gasteiger partial charge in [0.15, 0.2) is 0 Å². The van der Waals surface area contributed by atoms with Crippen LogP contribution in [0.4, 0.5) is 14.5 Å². The van der Waals surface area contributed by atoms with Gasteiger partial charge in [-0.25, -0.2) is 8.78 Å². The van der Waals surface area contributed by atoms with Crippen molar-refractivity contribution in [2.75, 3.05) is 50.9 Å². The Labute approximate surface area is 146 Å². The first-order valence-corrected chi connectivity index (χ1v) is 8.92. The first kappa shape index (κ1) is 18.5. The van der Waals surface area contributed by atoms with E-state index in [1.165, 1.54) is 12.1 Å². The second-order valence-electron chi connectivity index (χ2n) is 6.79. The number of aliphatic hydroxyl groups excluding tert-OH is 2. The molecule has 0 aliphatic carbocycles. The highest BCUT2D eigenvalue weighted by molar-refractivity contribution is 5.49. The fourth-order valence-electron chi connectivity index (χ4n) is 3.65. The smallest absolute Gasteiger partial charge is 0.131 e. The molecule has 0 radical (unpaired) electrons. The minimum Gasteiger partial charge on any atom is -0.395 e. The number of anilines is 1. The second kappa shape index (κ2) is 8.40. The first-order valence-electron chi connectivity index (χ1n) is 8.92. The van der Waals surface area contributed by atoms with Crippen LogP contribution in [0.25, 0.3) is 0 Å². The SMILES string of the molecule is OCC1CC(O)CCN1CCc1c(F)cc(N2CCOCC2)cc1F. The number of benzene rings is 1. The van der Waals surface area contributed by atoms with Gasteiger partial charge in [0.2, 0.25) is 0 Å². The highest BCUT2D eigenvalue weighted by atomic mass is 19.1. The van der Waals surface area contributed by atoms with E-state index in [0.717, 1.165) is 0 Å². The van der Waals surface area contributed by atoms with E-state index in [9.17, 15) is 19.0 Å².